The minimum absolute atomic E-state index is 0.0953. The Labute approximate surface area is 94.3 Å². The summed E-state index contributed by atoms with van der Waals surface area (Å²) in [6.45, 7) is 1.77. The van der Waals surface area contributed by atoms with Gasteiger partial charge in [0.15, 0.2) is 11.6 Å². The van der Waals surface area contributed by atoms with Gasteiger partial charge in [0.2, 0.25) is 0 Å². The van der Waals surface area contributed by atoms with Gasteiger partial charge < -0.3 is 15.2 Å². The van der Waals surface area contributed by atoms with Crippen molar-refractivity contribution in [1.29, 1.82) is 0 Å². The van der Waals surface area contributed by atoms with Crippen LogP contribution in [0, 0.1) is 11.7 Å². The lowest BCUT2D eigenvalue weighted by Gasteiger charge is -2.18. The zero-order valence-electron chi connectivity index (χ0n) is 9.06. The van der Waals surface area contributed by atoms with Gasteiger partial charge in [-0.15, -0.1) is 0 Å². The Bertz CT molecular complexity index is 340. The average molecular weight is 225 g/mol. The second kappa shape index (κ2) is 5.27. The molecule has 0 radical (unpaired) electrons. The number of para-hydroxylation sites is 1. The molecular formula is C12H16FNO2. The minimum Gasteiger partial charge on any atom is -0.489 e. The van der Waals surface area contributed by atoms with E-state index in [4.69, 9.17) is 15.2 Å². The Morgan fingerprint density at radius 3 is 3.00 bits per heavy atom. The number of hydrogen-bond acceptors (Lipinski definition) is 3. The van der Waals surface area contributed by atoms with Gasteiger partial charge in [0.1, 0.15) is 6.61 Å². The molecule has 1 fully saturated rings. The van der Waals surface area contributed by atoms with Crippen molar-refractivity contribution in [2.45, 2.75) is 12.5 Å². The lowest BCUT2D eigenvalue weighted by molar-refractivity contribution is 0.169. The fourth-order valence-corrected chi connectivity index (χ4v) is 1.77. The Balaban J connectivity index is 1.84. The largest absolute Gasteiger partial charge is 0.489 e. The van der Waals surface area contributed by atoms with Crippen molar-refractivity contribution in [3.8, 4) is 5.75 Å². The predicted octanol–water partition coefficient (Wildman–Crippen LogP) is 1.57. The van der Waals surface area contributed by atoms with Crippen LogP contribution in [-0.2, 0) is 4.74 Å². The third-order valence-electron chi connectivity index (χ3n) is 2.84. The first-order valence-corrected chi connectivity index (χ1v) is 5.48. The van der Waals surface area contributed by atoms with Crippen LogP contribution >= 0.6 is 0 Å². The first-order chi connectivity index (χ1) is 7.77. The maximum Gasteiger partial charge on any atom is 0.165 e. The van der Waals surface area contributed by atoms with Crippen LogP contribution in [0.2, 0.25) is 0 Å². The van der Waals surface area contributed by atoms with Gasteiger partial charge in [-0.25, -0.2) is 4.39 Å². The molecule has 2 N–H and O–H groups in total. The number of ether oxygens (including phenoxy) is 2. The van der Waals surface area contributed by atoms with Crippen molar-refractivity contribution in [3.63, 3.8) is 0 Å². The Morgan fingerprint density at radius 2 is 2.31 bits per heavy atom. The van der Waals surface area contributed by atoms with Gasteiger partial charge in [0.25, 0.3) is 0 Å². The van der Waals surface area contributed by atoms with Crippen LogP contribution in [-0.4, -0.2) is 25.9 Å². The molecule has 1 aliphatic rings. The highest BCUT2D eigenvalue weighted by molar-refractivity contribution is 5.23. The third-order valence-corrected chi connectivity index (χ3v) is 2.84. The van der Waals surface area contributed by atoms with Gasteiger partial charge in [-0.2, -0.15) is 0 Å². The topological polar surface area (TPSA) is 44.5 Å². The van der Waals surface area contributed by atoms with Crippen molar-refractivity contribution >= 4 is 0 Å². The number of rotatable bonds is 4. The van der Waals surface area contributed by atoms with E-state index in [1.807, 2.05) is 0 Å². The lowest BCUT2D eigenvalue weighted by Crippen LogP contribution is -2.36. The standard InChI is InChI=1S/C12H16FNO2/c13-10-3-1-2-4-12(10)16-8-11(14)9-5-6-15-7-9/h1-4,9,11H,5-8,14H2. The summed E-state index contributed by atoms with van der Waals surface area (Å²) in [7, 11) is 0. The molecule has 4 heteroatoms. The van der Waals surface area contributed by atoms with Gasteiger partial charge in [-0.3, -0.25) is 0 Å². The van der Waals surface area contributed by atoms with Crippen LogP contribution in [0.5, 0.6) is 5.75 Å². The molecule has 2 unspecified atom stereocenters. The Morgan fingerprint density at radius 1 is 1.50 bits per heavy atom. The van der Waals surface area contributed by atoms with E-state index in [-0.39, 0.29) is 17.6 Å². The number of hydrogen-bond donors (Lipinski definition) is 1. The summed E-state index contributed by atoms with van der Waals surface area (Å²) in [4.78, 5) is 0. The SMILES string of the molecule is NC(COc1ccccc1F)C1CCOC1. The van der Waals surface area contributed by atoms with E-state index in [1.165, 1.54) is 6.07 Å². The van der Waals surface area contributed by atoms with E-state index in [2.05, 4.69) is 0 Å². The summed E-state index contributed by atoms with van der Waals surface area (Å²) in [5.41, 5.74) is 5.95. The molecule has 0 amide bonds. The van der Waals surface area contributed by atoms with Crippen LogP contribution in [0.15, 0.2) is 24.3 Å². The van der Waals surface area contributed by atoms with Crippen molar-refractivity contribution in [2.24, 2.45) is 11.7 Å². The number of benzene rings is 1. The summed E-state index contributed by atoms with van der Waals surface area (Å²) in [5, 5.41) is 0. The zero-order chi connectivity index (χ0) is 11.4. The molecule has 16 heavy (non-hydrogen) atoms. The van der Waals surface area contributed by atoms with Gasteiger partial charge in [0, 0.05) is 18.6 Å². The molecule has 1 aromatic carbocycles. The van der Waals surface area contributed by atoms with Crippen molar-refractivity contribution in [2.75, 3.05) is 19.8 Å². The molecule has 0 aromatic heterocycles. The Hall–Kier alpha value is -1.13. The molecule has 3 nitrogen and oxygen atoms in total. The normalized spacial score (nSPS) is 22.0. The fourth-order valence-electron chi connectivity index (χ4n) is 1.77. The van der Waals surface area contributed by atoms with Crippen LogP contribution < -0.4 is 10.5 Å². The highest BCUT2D eigenvalue weighted by Crippen LogP contribution is 2.19. The van der Waals surface area contributed by atoms with Crippen LogP contribution in [0.3, 0.4) is 0 Å². The van der Waals surface area contributed by atoms with Crippen LogP contribution in [0.4, 0.5) is 4.39 Å². The van der Waals surface area contributed by atoms with Crippen molar-refractivity contribution < 1.29 is 13.9 Å². The molecule has 88 valence electrons. The van der Waals surface area contributed by atoms with Gasteiger partial charge >= 0.3 is 0 Å². The van der Waals surface area contributed by atoms with Crippen molar-refractivity contribution in [1.82, 2.24) is 0 Å². The first kappa shape index (κ1) is 11.4. The quantitative estimate of drug-likeness (QED) is 0.846. The molecule has 0 aliphatic carbocycles. The molecule has 2 rings (SSSR count). The second-order valence-corrected chi connectivity index (χ2v) is 4.03. The minimum atomic E-state index is -0.350. The smallest absolute Gasteiger partial charge is 0.165 e. The maximum atomic E-state index is 13.2. The Kier molecular flexibility index (Phi) is 3.74. The molecule has 1 aliphatic heterocycles. The van der Waals surface area contributed by atoms with E-state index in [0.29, 0.717) is 19.1 Å². The first-order valence-electron chi connectivity index (χ1n) is 5.48. The van der Waals surface area contributed by atoms with Gasteiger partial charge in [-0.1, -0.05) is 12.1 Å². The second-order valence-electron chi connectivity index (χ2n) is 4.03. The number of halogens is 1. The average Bonchev–Trinajstić information content (AvgIpc) is 2.81. The van der Waals surface area contributed by atoms with E-state index in [1.54, 1.807) is 18.2 Å². The van der Waals surface area contributed by atoms with E-state index < -0.39 is 0 Å². The van der Waals surface area contributed by atoms with Crippen LogP contribution in [0.25, 0.3) is 0 Å². The highest BCUT2D eigenvalue weighted by Gasteiger charge is 2.23. The molecule has 0 spiro atoms. The summed E-state index contributed by atoms with van der Waals surface area (Å²) < 4.78 is 23.8. The maximum absolute atomic E-state index is 13.2. The summed E-state index contributed by atoms with van der Waals surface area (Å²) in [5.74, 6) is 0.237. The predicted molar refractivity (Wildman–Crippen MR) is 58.8 cm³/mol. The third kappa shape index (κ3) is 2.71. The highest BCUT2D eigenvalue weighted by atomic mass is 19.1. The summed E-state index contributed by atoms with van der Waals surface area (Å²) >= 11 is 0. The van der Waals surface area contributed by atoms with Gasteiger partial charge in [0.05, 0.1) is 6.61 Å². The lowest BCUT2D eigenvalue weighted by atomic mass is 10.0. The van der Waals surface area contributed by atoms with E-state index in [9.17, 15) is 4.39 Å². The molecule has 1 heterocycles. The van der Waals surface area contributed by atoms with E-state index in [0.717, 1.165) is 13.0 Å². The molecular weight excluding hydrogens is 209 g/mol. The molecule has 0 bridgehead atoms. The molecule has 0 saturated carbocycles. The fraction of sp³-hybridized carbons (Fsp3) is 0.500. The van der Waals surface area contributed by atoms with Gasteiger partial charge in [-0.05, 0) is 18.6 Å². The molecule has 1 aromatic rings. The zero-order valence-corrected chi connectivity index (χ0v) is 9.06. The molecule has 1 saturated heterocycles. The van der Waals surface area contributed by atoms with Crippen LogP contribution in [0.1, 0.15) is 6.42 Å². The summed E-state index contributed by atoms with van der Waals surface area (Å²) in [6.07, 6.45) is 0.960. The van der Waals surface area contributed by atoms with E-state index >= 15 is 0 Å². The monoisotopic (exact) mass is 225 g/mol. The van der Waals surface area contributed by atoms with Crippen molar-refractivity contribution in [3.05, 3.63) is 30.1 Å². The number of nitrogens with two attached hydrogens (primary N) is 1. The summed E-state index contributed by atoms with van der Waals surface area (Å²) in [6, 6.07) is 6.25. The molecule has 2 atom stereocenters.